The Labute approximate surface area is 124 Å². The Balaban J connectivity index is 1.86. The molecule has 0 saturated heterocycles. The van der Waals surface area contributed by atoms with Crippen LogP contribution in [0.2, 0.25) is 0 Å². The lowest BCUT2D eigenvalue weighted by Gasteiger charge is -2.04. The second-order valence-corrected chi connectivity index (χ2v) is 4.68. The van der Waals surface area contributed by atoms with Crippen LogP contribution in [0.4, 0.5) is 11.4 Å². The van der Waals surface area contributed by atoms with E-state index in [1.165, 1.54) is 24.3 Å². The van der Waals surface area contributed by atoms with Gasteiger partial charge in [-0.3, -0.25) is 14.9 Å². The number of nitro benzene ring substituents is 1. The highest BCUT2D eigenvalue weighted by atomic mass is 16.6. The molecule has 0 aliphatic carbocycles. The van der Waals surface area contributed by atoms with E-state index < -0.39 is 10.8 Å². The Morgan fingerprint density at radius 2 is 2.09 bits per heavy atom. The molecule has 0 unspecified atom stereocenters. The van der Waals surface area contributed by atoms with Gasteiger partial charge >= 0.3 is 0 Å². The average Bonchev–Trinajstić information content (AvgIpc) is 2.86. The third kappa shape index (κ3) is 2.64. The average molecular weight is 297 g/mol. The maximum absolute atomic E-state index is 12.2. The SMILES string of the molecule is Cc1nc2cc(NC(=O)c3cccc([N+](=O)[O-])c3)ccc2o1. The molecule has 7 heteroatoms. The molecule has 22 heavy (non-hydrogen) atoms. The van der Waals surface area contributed by atoms with Crippen LogP contribution < -0.4 is 5.32 Å². The zero-order valence-corrected chi connectivity index (χ0v) is 11.6. The second kappa shape index (κ2) is 5.28. The minimum atomic E-state index is -0.541. The molecule has 1 aromatic heterocycles. The van der Waals surface area contributed by atoms with Crippen molar-refractivity contribution in [3.05, 3.63) is 64.0 Å². The van der Waals surface area contributed by atoms with Crippen molar-refractivity contribution < 1.29 is 14.1 Å². The first-order valence-corrected chi connectivity index (χ1v) is 6.46. The van der Waals surface area contributed by atoms with Crippen LogP contribution >= 0.6 is 0 Å². The van der Waals surface area contributed by atoms with Crippen molar-refractivity contribution >= 4 is 28.4 Å². The molecular weight excluding hydrogens is 286 g/mol. The van der Waals surface area contributed by atoms with Gasteiger partial charge in [-0.15, -0.1) is 0 Å². The number of amides is 1. The number of oxazole rings is 1. The minimum absolute atomic E-state index is 0.129. The second-order valence-electron chi connectivity index (χ2n) is 4.68. The first kappa shape index (κ1) is 13.7. The molecular formula is C15H11N3O4. The van der Waals surface area contributed by atoms with E-state index in [-0.39, 0.29) is 11.3 Å². The molecule has 0 aliphatic rings. The van der Waals surface area contributed by atoms with E-state index in [0.29, 0.717) is 22.7 Å². The molecule has 0 aliphatic heterocycles. The summed E-state index contributed by atoms with van der Waals surface area (Å²) in [5.74, 6) is 0.112. The van der Waals surface area contributed by atoms with Gasteiger partial charge in [-0.1, -0.05) is 6.07 Å². The number of aromatic nitrogens is 1. The van der Waals surface area contributed by atoms with E-state index in [1.807, 2.05) is 0 Å². The maximum atomic E-state index is 12.2. The monoisotopic (exact) mass is 297 g/mol. The van der Waals surface area contributed by atoms with Crippen molar-refractivity contribution in [2.45, 2.75) is 6.92 Å². The largest absolute Gasteiger partial charge is 0.441 e. The first-order chi connectivity index (χ1) is 10.5. The van der Waals surface area contributed by atoms with Crippen molar-refractivity contribution in [2.75, 3.05) is 5.32 Å². The maximum Gasteiger partial charge on any atom is 0.270 e. The summed E-state index contributed by atoms with van der Waals surface area (Å²) >= 11 is 0. The van der Waals surface area contributed by atoms with Crippen LogP contribution in [0.3, 0.4) is 0 Å². The van der Waals surface area contributed by atoms with E-state index in [4.69, 9.17) is 4.42 Å². The number of carbonyl (C=O) groups is 1. The summed E-state index contributed by atoms with van der Waals surface area (Å²) < 4.78 is 5.36. The Morgan fingerprint density at radius 3 is 2.86 bits per heavy atom. The van der Waals surface area contributed by atoms with Gasteiger partial charge in [-0.05, 0) is 24.3 Å². The van der Waals surface area contributed by atoms with E-state index in [2.05, 4.69) is 10.3 Å². The third-order valence-electron chi connectivity index (χ3n) is 3.07. The highest BCUT2D eigenvalue weighted by Gasteiger charge is 2.12. The normalized spacial score (nSPS) is 10.6. The van der Waals surface area contributed by atoms with Crippen LogP contribution in [-0.4, -0.2) is 15.8 Å². The molecule has 1 heterocycles. The van der Waals surface area contributed by atoms with Gasteiger partial charge in [0.15, 0.2) is 11.5 Å². The lowest BCUT2D eigenvalue weighted by molar-refractivity contribution is -0.384. The van der Waals surface area contributed by atoms with Gasteiger partial charge in [0.2, 0.25) is 0 Å². The number of non-ortho nitro benzene ring substituents is 1. The summed E-state index contributed by atoms with van der Waals surface area (Å²) in [6.07, 6.45) is 0. The Hall–Kier alpha value is -3.22. The zero-order chi connectivity index (χ0) is 15.7. The molecule has 3 rings (SSSR count). The first-order valence-electron chi connectivity index (χ1n) is 6.46. The Bertz CT molecular complexity index is 885. The molecule has 0 atom stereocenters. The number of nitro groups is 1. The molecule has 7 nitrogen and oxygen atoms in total. The number of rotatable bonds is 3. The van der Waals surface area contributed by atoms with Gasteiger partial charge in [0, 0.05) is 30.3 Å². The van der Waals surface area contributed by atoms with Gasteiger partial charge < -0.3 is 9.73 Å². The van der Waals surface area contributed by atoms with Crippen LogP contribution in [0.25, 0.3) is 11.1 Å². The highest BCUT2D eigenvalue weighted by Crippen LogP contribution is 2.21. The molecule has 0 spiro atoms. The molecule has 110 valence electrons. The molecule has 0 radical (unpaired) electrons. The van der Waals surface area contributed by atoms with Crippen LogP contribution in [-0.2, 0) is 0 Å². The van der Waals surface area contributed by atoms with Gasteiger partial charge in [-0.2, -0.15) is 0 Å². The number of hydrogen-bond donors (Lipinski definition) is 1. The fourth-order valence-corrected chi connectivity index (χ4v) is 2.08. The number of fused-ring (bicyclic) bond motifs is 1. The predicted octanol–water partition coefficient (Wildman–Crippen LogP) is 3.30. The van der Waals surface area contributed by atoms with Crippen LogP contribution in [0.1, 0.15) is 16.2 Å². The van der Waals surface area contributed by atoms with Crippen molar-refractivity contribution in [1.82, 2.24) is 4.98 Å². The van der Waals surface area contributed by atoms with Gasteiger partial charge in [0.25, 0.3) is 11.6 Å². The molecule has 0 saturated carbocycles. The van der Waals surface area contributed by atoms with Crippen molar-refractivity contribution in [2.24, 2.45) is 0 Å². The van der Waals surface area contributed by atoms with E-state index in [9.17, 15) is 14.9 Å². The van der Waals surface area contributed by atoms with E-state index >= 15 is 0 Å². The van der Waals surface area contributed by atoms with Crippen molar-refractivity contribution in [3.63, 3.8) is 0 Å². The van der Waals surface area contributed by atoms with Gasteiger partial charge in [-0.25, -0.2) is 4.98 Å². The topological polar surface area (TPSA) is 98.3 Å². The summed E-state index contributed by atoms with van der Waals surface area (Å²) in [6.45, 7) is 1.74. The standard InChI is InChI=1S/C15H11N3O4/c1-9-16-13-8-11(5-6-14(13)22-9)17-15(19)10-3-2-4-12(7-10)18(20)21/h2-8H,1H3,(H,17,19). The number of benzene rings is 2. The predicted molar refractivity (Wildman–Crippen MR) is 79.8 cm³/mol. The van der Waals surface area contributed by atoms with Gasteiger partial charge in [0.1, 0.15) is 5.52 Å². The summed E-state index contributed by atoms with van der Waals surface area (Å²) in [5.41, 5.74) is 1.89. The van der Waals surface area contributed by atoms with Crippen molar-refractivity contribution in [3.8, 4) is 0 Å². The number of nitrogens with one attached hydrogen (secondary N) is 1. The quantitative estimate of drug-likeness (QED) is 0.590. The third-order valence-corrected chi connectivity index (χ3v) is 3.07. The van der Waals surface area contributed by atoms with E-state index in [1.54, 1.807) is 25.1 Å². The number of anilines is 1. The summed E-state index contributed by atoms with van der Waals surface area (Å²) in [5, 5.41) is 13.4. The van der Waals surface area contributed by atoms with Crippen LogP contribution in [0.15, 0.2) is 46.9 Å². The van der Waals surface area contributed by atoms with Crippen LogP contribution in [0, 0.1) is 17.0 Å². The fraction of sp³-hybridized carbons (Fsp3) is 0.0667. The number of nitrogens with zero attached hydrogens (tertiary/aromatic N) is 2. The molecule has 3 aromatic rings. The van der Waals surface area contributed by atoms with E-state index in [0.717, 1.165) is 0 Å². The Kier molecular flexibility index (Phi) is 3.30. The molecule has 2 aromatic carbocycles. The number of hydrogen-bond acceptors (Lipinski definition) is 5. The summed E-state index contributed by atoms with van der Waals surface area (Å²) in [4.78, 5) is 26.5. The Morgan fingerprint density at radius 1 is 1.27 bits per heavy atom. The molecule has 0 fully saturated rings. The summed E-state index contributed by atoms with van der Waals surface area (Å²) in [7, 11) is 0. The zero-order valence-electron chi connectivity index (χ0n) is 11.6. The lowest BCUT2D eigenvalue weighted by atomic mass is 10.2. The van der Waals surface area contributed by atoms with Crippen LogP contribution in [0.5, 0.6) is 0 Å². The molecule has 1 amide bonds. The highest BCUT2D eigenvalue weighted by molar-refractivity contribution is 6.05. The number of aryl methyl sites for hydroxylation is 1. The lowest BCUT2D eigenvalue weighted by Crippen LogP contribution is -2.12. The minimum Gasteiger partial charge on any atom is -0.441 e. The molecule has 0 bridgehead atoms. The smallest absolute Gasteiger partial charge is 0.270 e. The fourth-order valence-electron chi connectivity index (χ4n) is 2.08. The number of carbonyl (C=O) groups excluding carboxylic acids is 1. The van der Waals surface area contributed by atoms with Gasteiger partial charge in [0.05, 0.1) is 4.92 Å². The summed E-state index contributed by atoms with van der Waals surface area (Å²) in [6, 6.07) is 10.6. The van der Waals surface area contributed by atoms with Crippen molar-refractivity contribution in [1.29, 1.82) is 0 Å². The molecule has 1 N–H and O–H groups in total.